The first-order valence-electron chi connectivity index (χ1n) is 6.27. The molecule has 3 amide bonds. The van der Waals surface area contributed by atoms with Gasteiger partial charge in [-0.25, -0.2) is 4.79 Å². The minimum atomic E-state index is -0.269. The topological polar surface area (TPSA) is 82.3 Å². The van der Waals surface area contributed by atoms with E-state index in [2.05, 4.69) is 21.3 Å². The Balaban J connectivity index is 1.83. The molecule has 1 aromatic rings. The summed E-state index contributed by atoms with van der Waals surface area (Å²) in [7, 11) is 1.55. The Morgan fingerprint density at radius 2 is 1.74 bits per heavy atom. The van der Waals surface area contributed by atoms with Crippen LogP contribution in [0.3, 0.4) is 0 Å². The van der Waals surface area contributed by atoms with Gasteiger partial charge in [-0.05, 0) is 43.3 Å². The molecule has 102 valence electrons. The van der Waals surface area contributed by atoms with Crippen molar-refractivity contribution in [1.82, 2.24) is 10.6 Å². The van der Waals surface area contributed by atoms with Crippen LogP contribution in [0.4, 0.5) is 16.2 Å². The highest BCUT2D eigenvalue weighted by Gasteiger charge is 2.19. The van der Waals surface area contributed by atoms with E-state index in [1.807, 2.05) is 0 Å². The third-order valence-corrected chi connectivity index (χ3v) is 2.99. The second-order valence-electron chi connectivity index (χ2n) is 4.56. The third-order valence-electron chi connectivity index (χ3n) is 2.99. The number of nitrogens with one attached hydrogen (secondary N) is 4. The maximum Gasteiger partial charge on any atom is 0.318 e. The molecule has 19 heavy (non-hydrogen) atoms. The average molecular weight is 262 g/mol. The van der Waals surface area contributed by atoms with Crippen LogP contribution in [-0.4, -0.2) is 32.1 Å². The van der Waals surface area contributed by atoms with Gasteiger partial charge in [-0.2, -0.15) is 0 Å². The molecule has 1 fully saturated rings. The zero-order valence-electron chi connectivity index (χ0n) is 10.8. The molecule has 6 heteroatoms. The molecule has 0 aliphatic carbocycles. The zero-order chi connectivity index (χ0) is 13.7. The fraction of sp³-hybridized carbons (Fsp3) is 0.385. The Bertz CT molecular complexity index is 454. The summed E-state index contributed by atoms with van der Waals surface area (Å²) in [6.07, 6.45) is 0.547. The lowest BCUT2D eigenvalue weighted by atomic mass is 9.99. The maximum atomic E-state index is 11.7. The molecule has 0 spiro atoms. The number of hydrogen-bond donors (Lipinski definition) is 4. The van der Waals surface area contributed by atoms with Gasteiger partial charge < -0.3 is 21.3 Å². The molecule has 1 aliphatic rings. The van der Waals surface area contributed by atoms with E-state index < -0.39 is 0 Å². The number of carbonyl (C=O) groups excluding carboxylic acids is 2. The fourth-order valence-electron chi connectivity index (χ4n) is 1.80. The molecule has 0 unspecified atom stereocenters. The largest absolute Gasteiger partial charge is 0.341 e. The molecule has 0 atom stereocenters. The highest BCUT2D eigenvalue weighted by atomic mass is 16.2. The van der Waals surface area contributed by atoms with Crippen molar-refractivity contribution in [3.05, 3.63) is 24.3 Å². The van der Waals surface area contributed by atoms with Crippen molar-refractivity contribution in [2.45, 2.75) is 6.42 Å². The lowest BCUT2D eigenvalue weighted by Crippen LogP contribution is -2.43. The molecular weight excluding hydrogens is 244 g/mol. The minimum Gasteiger partial charge on any atom is -0.341 e. The fourth-order valence-corrected chi connectivity index (χ4v) is 1.80. The van der Waals surface area contributed by atoms with Crippen LogP contribution in [0.1, 0.15) is 6.42 Å². The van der Waals surface area contributed by atoms with Gasteiger partial charge in [-0.3, -0.25) is 4.79 Å². The molecule has 1 aromatic carbocycles. The first kappa shape index (κ1) is 13.4. The van der Waals surface area contributed by atoms with Gasteiger partial charge in [-0.15, -0.1) is 0 Å². The molecule has 0 bridgehead atoms. The summed E-state index contributed by atoms with van der Waals surface area (Å²) >= 11 is 0. The van der Waals surface area contributed by atoms with Gasteiger partial charge in [0.25, 0.3) is 0 Å². The monoisotopic (exact) mass is 262 g/mol. The van der Waals surface area contributed by atoms with Crippen LogP contribution in [0.15, 0.2) is 24.3 Å². The number of anilines is 2. The van der Waals surface area contributed by atoms with Crippen LogP contribution in [0.5, 0.6) is 0 Å². The highest BCUT2D eigenvalue weighted by Crippen LogP contribution is 2.15. The van der Waals surface area contributed by atoms with E-state index in [0.717, 1.165) is 18.8 Å². The van der Waals surface area contributed by atoms with Crippen molar-refractivity contribution in [2.75, 3.05) is 30.8 Å². The molecule has 0 saturated carbocycles. The molecule has 0 aromatic heterocycles. The SMILES string of the molecule is CNC(=O)Nc1ccc(NC(=O)CC2CNC2)cc1. The Labute approximate surface area is 112 Å². The van der Waals surface area contributed by atoms with Crippen LogP contribution in [-0.2, 0) is 4.79 Å². The Morgan fingerprint density at radius 1 is 1.16 bits per heavy atom. The molecule has 1 aliphatic heterocycles. The number of hydrogen-bond acceptors (Lipinski definition) is 3. The predicted octanol–water partition coefficient (Wildman–Crippen LogP) is 0.986. The summed E-state index contributed by atoms with van der Waals surface area (Å²) in [6.45, 7) is 1.84. The summed E-state index contributed by atoms with van der Waals surface area (Å²) < 4.78 is 0. The number of urea groups is 1. The van der Waals surface area contributed by atoms with Gasteiger partial charge >= 0.3 is 6.03 Å². The van der Waals surface area contributed by atoms with Gasteiger partial charge in [0.15, 0.2) is 0 Å². The molecule has 0 radical (unpaired) electrons. The third kappa shape index (κ3) is 3.96. The molecule has 1 heterocycles. The van der Waals surface area contributed by atoms with E-state index in [1.54, 1.807) is 31.3 Å². The zero-order valence-corrected chi connectivity index (χ0v) is 10.8. The first-order valence-corrected chi connectivity index (χ1v) is 6.27. The van der Waals surface area contributed by atoms with Gasteiger partial charge in [0.1, 0.15) is 0 Å². The van der Waals surface area contributed by atoms with Crippen LogP contribution < -0.4 is 21.3 Å². The summed E-state index contributed by atoms with van der Waals surface area (Å²) in [4.78, 5) is 22.8. The van der Waals surface area contributed by atoms with E-state index in [4.69, 9.17) is 0 Å². The van der Waals surface area contributed by atoms with E-state index in [0.29, 0.717) is 18.0 Å². The first-order chi connectivity index (χ1) is 9.17. The van der Waals surface area contributed by atoms with E-state index in [-0.39, 0.29) is 11.9 Å². The van der Waals surface area contributed by atoms with E-state index in [1.165, 1.54) is 0 Å². The van der Waals surface area contributed by atoms with Crippen molar-refractivity contribution in [3.63, 3.8) is 0 Å². The summed E-state index contributed by atoms with van der Waals surface area (Å²) in [5.74, 6) is 0.479. The Morgan fingerprint density at radius 3 is 2.21 bits per heavy atom. The van der Waals surface area contributed by atoms with E-state index in [9.17, 15) is 9.59 Å². The van der Waals surface area contributed by atoms with Crippen molar-refractivity contribution in [2.24, 2.45) is 5.92 Å². The van der Waals surface area contributed by atoms with Gasteiger partial charge in [0, 0.05) is 24.8 Å². The van der Waals surface area contributed by atoms with Crippen molar-refractivity contribution in [1.29, 1.82) is 0 Å². The summed E-state index contributed by atoms with van der Waals surface area (Å²) in [6, 6.07) is 6.75. The Kier molecular flexibility index (Phi) is 4.35. The van der Waals surface area contributed by atoms with Gasteiger partial charge in [0.2, 0.25) is 5.91 Å². The smallest absolute Gasteiger partial charge is 0.318 e. The second-order valence-corrected chi connectivity index (χ2v) is 4.56. The number of rotatable bonds is 4. The van der Waals surface area contributed by atoms with Crippen LogP contribution in [0.2, 0.25) is 0 Å². The maximum absolute atomic E-state index is 11.7. The highest BCUT2D eigenvalue weighted by molar-refractivity contribution is 5.92. The van der Waals surface area contributed by atoms with Crippen molar-refractivity contribution < 1.29 is 9.59 Å². The predicted molar refractivity (Wildman–Crippen MR) is 74.1 cm³/mol. The number of carbonyl (C=O) groups is 2. The van der Waals surface area contributed by atoms with E-state index >= 15 is 0 Å². The number of amides is 3. The molecule has 1 saturated heterocycles. The summed E-state index contributed by atoms with van der Waals surface area (Å²) in [5, 5.41) is 11.1. The van der Waals surface area contributed by atoms with Crippen LogP contribution in [0.25, 0.3) is 0 Å². The summed E-state index contributed by atoms with van der Waals surface area (Å²) in [5.41, 5.74) is 1.42. The van der Waals surface area contributed by atoms with Crippen molar-refractivity contribution in [3.8, 4) is 0 Å². The molecule has 4 N–H and O–H groups in total. The standard InChI is InChI=1S/C13H18N4O2/c1-14-13(19)17-11-4-2-10(3-5-11)16-12(18)6-9-7-15-8-9/h2-5,9,15H,6-8H2,1H3,(H,16,18)(H2,14,17,19). The van der Waals surface area contributed by atoms with Crippen LogP contribution >= 0.6 is 0 Å². The van der Waals surface area contributed by atoms with Gasteiger partial charge in [-0.1, -0.05) is 0 Å². The lowest BCUT2D eigenvalue weighted by molar-refractivity contribution is -0.117. The molecule has 2 rings (SSSR count). The second kappa shape index (κ2) is 6.19. The lowest BCUT2D eigenvalue weighted by Gasteiger charge is -2.26. The average Bonchev–Trinajstić information content (AvgIpc) is 2.36. The molecular formula is C13H18N4O2. The number of benzene rings is 1. The Hall–Kier alpha value is -2.08. The normalized spacial score (nSPS) is 14.4. The quantitative estimate of drug-likeness (QED) is 0.653. The van der Waals surface area contributed by atoms with Gasteiger partial charge in [0.05, 0.1) is 0 Å². The molecule has 6 nitrogen and oxygen atoms in total. The minimum absolute atomic E-state index is 0.0264. The van der Waals surface area contributed by atoms with Crippen molar-refractivity contribution >= 4 is 23.3 Å². The van der Waals surface area contributed by atoms with Crippen LogP contribution in [0, 0.1) is 5.92 Å².